The van der Waals surface area contributed by atoms with E-state index in [2.05, 4.69) is 0 Å². The average molecular weight is 229 g/mol. The maximum atomic E-state index is 13.1. The molecular weight excluding hydrogens is 215 g/mol. The predicted molar refractivity (Wildman–Crippen MR) is 59.8 cm³/mol. The lowest BCUT2D eigenvalue weighted by Crippen LogP contribution is -2.11. The molecule has 0 aliphatic carbocycles. The van der Waals surface area contributed by atoms with Crippen LogP contribution in [0.15, 0.2) is 18.2 Å². The fourth-order valence-corrected chi connectivity index (χ4v) is 1.62. The Morgan fingerprint density at radius 2 is 2.20 bits per heavy atom. The van der Waals surface area contributed by atoms with Crippen molar-refractivity contribution >= 4 is 17.4 Å². The van der Waals surface area contributed by atoms with Crippen molar-refractivity contribution in [1.29, 1.82) is 0 Å². The zero-order valence-electron chi connectivity index (χ0n) is 8.89. The summed E-state index contributed by atoms with van der Waals surface area (Å²) < 4.78 is 13.1. The van der Waals surface area contributed by atoms with Gasteiger partial charge >= 0.3 is 0 Å². The number of Topliss-reactive ketones (excluding diaryl/α,β-unsaturated/α-hetero) is 1. The number of rotatable bonds is 4. The molecule has 3 heteroatoms. The second kappa shape index (κ2) is 5.26. The van der Waals surface area contributed by atoms with Crippen LogP contribution in [0.4, 0.5) is 4.39 Å². The third kappa shape index (κ3) is 3.03. The minimum atomic E-state index is -0.536. The van der Waals surface area contributed by atoms with Crippen molar-refractivity contribution in [3.63, 3.8) is 0 Å². The number of benzene rings is 1. The highest BCUT2D eigenvalue weighted by Crippen LogP contribution is 2.19. The molecule has 0 fully saturated rings. The molecule has 0 saturated carbocycles. The molecule has 1 unspecified atom stereocenters. The van der Waals surface area contributed by atoms with E-state index in [9.17, 15) is 9.18 Å². The van der Waals surface area contributed by atoms with Crippen LogP contribution in [-0.4, -0.2) is 5.78 Å². The molecule has 1 rings (SSSR count). The van der Waals surface area contributed by atoms with Crippen LogP contribution in [0.25, 0.3) is 0 Å². The Bertz CT molecular complexity index is 363. The number of ketones is 1. The largest absolute Gasteiger partial charge is 0.294 e. The zero-order chi connectivity index (χ0) is 11.4. The molecule has 1 atom stereocenters. The normalized spacial score (nSPS) is 12.5. The van der Waals surface area contributed by atoms with Gasteiger partial charge < -0.3 is 0 Å². The van der Waals surface area contributed by atoms with Crippen LogP contribution in [0.3, 0.4) is 0 Å². The van der Waals surface area contributed by atoms with Gasteiger partial charge in [-0.1, -0.05) is 31.9 Å². The minimum absolute atomic E-state index is 0.0209. The van der Waals surface area contributed by atoms with Gasteiger partial charge in [-0.05, 0) is 24.6 Å². The molecule has 0 heterocycles. The molecule has 0 bridgehead atoms. The number of carbonyl (C=O) groups excluding carboxylic acids is 1. The summed E-state index contributed by atoms with van der Waals surface area (Å²) in [5.41, 5.74) is 0.401. The third-order valence-corrected chi connectivity index (χ3v) is 2.68. The third-order valence-electron chi connectivity index (χ3n) is 2.37. The van der Waals surface area contributed by atoms with Crippen LogP contribution in [0, 0.1) is 11.7 Å². The number of halogens is 2. The number of hydrogen-bond acceptors (Lipinski definition) is 1. The zero-order valence-corrected chi connectivity index (χ0v) is 9.64. The Morgan fingerprint density at radius 1 is 1.53 bits per heavy atom. The molecule has 1 nitrogen and oxygen atoms in total. The molecule has 0 aromatic heterocycles. The van der Waals surface area contributed by atoms with E-state index in [1.807, 2.05) is 13.8 Å². The Kier molecular flexibility index (Phi) is 4.28. The fourth-order valence-electron chi connectivity index (χ4n) is 1.50. The fraction of sp³-hybridized carbons (Fsp3) is 0.417. The molecule has 15 heavy (non-hydrogen) atoms. The highest BCUT2D eigenvalue weighted by molar-refractivity contribution is 6.30. The van der Waals surface area contributed by atoms with Crippen molar-refractivity contribution in [2.75, 3.05) is 0 Å². The maximum Gasteiger partial charge on any atom is 0.165 e. The van der Waals surface area contributed by atoms with E-state index in [1.54, 1.807) is 6.07 Å². The van der Waals surface area contributed by atoms with E-state index in [1.165, 1.54) is 12.1 Å². The van der Waals surface area contributed by atoms with Crippen LogP contribution in [0.2, 0.25) is 5.02 Å². The van der Waals surface area contributed by atoms with Gasteiger partial charge in [0.2, 0.25) is 0 Å². The van der Waals surface area contributed by atoms with E-state index >= 15 is 0 Å². The lowest BCUT2D eigenvalue weighted by molar-refractivity contribution is 0.0923. The van der Waals surface area contributed by atoms with Crippen molar-refractivity contribution in [1.82, 2.24) is 0 Å². The average Bonchev–Trinajstić information content (AvgIpc) is 2.21. The number of carbonyl (C=O) groups is 1. The second-order valence-electron chi connectivity index (χ2n) is 3.68. The Labute approximate surface area is 94.3 Å². The van der Waals surface area contributed by atoms with Gasteiger partial charge in [0, 0.05) is 11.5 Å². The first-order valence-corrected chi connectivity index (χ1v) is 5.43. The SMILES string of the molecule is CCCC(C)C(=O)c1ccc(Cl)c(F)c1. The molecule has 1 aromatic carbocycles. The van der Waals surface area contributed by atoms with Crippen LogP contribution in [-0.2, 0) is 0 Å². The summed E-state index contributed by atoms with van der Waals surface area (Å²) in [6.45, 7) is 3.88. The maximum absolute atomic E-state index is 13.1. The molecule has 0 spiro atoms. The van der Waals surface area contributed by atoms with Crippen molar-refractivity contribution in [2.24, 2.45) is 5.92 Å². The molecule has 0 aliphatic rings. The molecule has 82 valence electrons. The standard InChI is InChI=1S/C12H14ClFO/c1-3-4-8(2)12(15)9-5-6-10(13)11(14)7-9/h5-8H,3-4H2,1-2H3. The van der Waals surface area contributed by atoms with E-state index in [0.717, 1.165) is 12.8 Å². The van der Waals surface area contributed by atoms with Crippen LogP contribution < -0.4 is 0 Å². The Morgan fingerprint density at radius 3 is 2.73 bits per heavy atom. The van der Waals surface area contributed by atoms with Gasteiger partial charge in [-0.15, -0.1) is 0 Å². The van der Waals surface area contributed by atoms with E-state index in [0.29, 0.717) is 5.56 Å². The molecule has 0 aliphatic heterocycles. The summed E-state index contributed by atoms with van der Waals surface area (Å²) in [5.74, 6) is -0.616. The highest BCUT2D eigenvalue weighted by Gasteiger charge is 2.15. The summed E-state index contributed by atoms with van der Waals surface area (Å²) in [4.78, 5) is 11.8. The van der Waals surface area contributed by atoms with E-state index in [4.69, 9.17) is 11.6 Å². The topological polar surface area (TPSA) is 17.1 Å². The summed E-state index contributed by atoms with van der Waals surface area (Å²) in [7, 11) is 0. The van der Waals surface area contributed by atoms with Gasteiger partial charge in [-0.25, -0.2) is 4.39 Å². The quantitative estimate of drug-likeness (QED) is 0.710. The lowest BCUT2D eigenvalue weighted by Gasteiger charge is -2.09. The van der Waals surface area contributed by atoms with E-state index < -0.39 is 5.82 Å². The lowest BCUT2D eigenvalue weighted by atomic mass is 9.95. The van der Waals surface area contributed by atoms with Crippen LogP contribution in [0.5, 0.6) is 0 Å². The van der Waals surface area contributed by atoms with Crippen LogP contribution >= 0.6 is 11.6 Å². The molecule has 0 saturated heterocycles. The molecule has 1 aromatic rings. The molecular formula is C12H14ClFO. The van der Waals surface area contributed by atoms with Gasteiger partial charge in [0.05, 0.1) is 5.02 Å². The van der Waals surface area contributed by atoms with Crippen molar-refractivity contribution < 1.29 is 9.18 Å². The van der Waals surface area contributed by atoms with Gasteiger partial charge in [0.15, 0.2) is 5.78 Å². The molecule has 0 N–H and O–H groups in total. The van der Waals surface area contributed by atoms with E-state index in [-0.39, 0.29) is 16.7 Å². The Hall–Kier alpha value is -0.890. The summed E-state index contributed by atoms with van der Waals surface area (Å²) in [6.07, 6.45) is 1.77. The molecule has 0 amide bonds. The van der Waals surface area contributed by atoms with Gasteiger partial charge in [-0.2, -0.15) is 0 Å². The smallest absolute Gasteiger partial charge is 0.165 e. The first-order valence-electron chi connectivity index (χ1n) is 5.05. The number of hydrogen-bond donors (Lipinski definition) is 0. The Balaban J connectivity index is 2.87. The summed E-state index contributed by atoms with van der Waals surface area (Å²) in [6, 6.07) is 4.19. The second-order valence-corrected chi connectivity index (χ2v) is 4.09. The summed E-state index contributed by atoms with van der Waals surface area (Å²) >= 11 is 5.54. The predicted octanol–water partition coefficient (Wildman–Crippen LogP) is 4.10. The summed E-state index contributed by atoms with van der Waals surface area (Å²) in [5, 5.41) is 0.0506. The molecule has 0 radical (unpaired) electrons. The van der Waals surface area contributed by atoms with Gasteiger partial charge in [0.25, 0.3) is 0 Å². The van der Waals surface area contributed by atoms with Gasteiger partial charge in [-0.3, -0.25) is 4.79 Å². The van der Waals surface area contributed by atoms with Crippen molar-refractivity contribution in [3.05, 3.63) is 34.6 Å². The van der Waals surface area contributed by atoms with Gasteiger partial charge in [0.1, 0.15) is 5.82 Å². The first-order chi connectivity index (χ1) is 7.06. The highest BCUT2D eigenvalue weighted by atomic mass is 35.5. The monoisotopic (exact) mass is 228 g/mol. The van der Waals surface area contributed by atoms with Crippen molar-refractivity contribution in [2.45, 2.75) is 26.7 Å². The minimum Gasteiger partial charge on any atom is -0.294 e. The van der Waals surface area contributed by atoms with Crippen molar-refractivity contribution in [3.8, 4) is 0 Å². The van der Waals surface area contributed by atoms with Crippen LogP contribution in [0.1, 0.15) is 37.0 Å². The first kappa shape index (κ1) is 12.2.